The first-order chi connectivity index (χ1) is 15.6. The summed E-state index contributed by atoms with van der Waals surface area (Å²) in [6, 6.07) is 18.1. The number of likely N-dealkylation sites (tertiary alicyclic amines) is 1. The summed E-state index contributed by atoms with van der Waals surface area (Å²) >= 11 is 0. The highest BCUT2D eigenvalue weighted by molar-refractivity contribution is 6.01. The van der Waals surface area contributed by atoms with Gasteiger partial charge in [0, 0.05) is 30.6 Å². The van der Waals surface area contributed by atoms with Crippen LogP contribution in [0.1, 0.15) is 47.6 Å². The summed E-state index contributed by atoms with van der Waals surface area (Å²) in [6.45, 7) is 3.41. The zero-order valence-electron chi connectivity index (χ0n) is 18.3. The summed E-state index contributed by atoms with van der Waals surface area (Å²) in [4.78, 5) is 27.6. The number of hydrogen-bond donors (Lipinski definition) is 1. The molecule has 2 aromatic carbocycles. The molecule has 0 spiro atoms. The van der Waals surface area contributed by atoms with Crippen LogP contribution < -0.4 is 5.32 Å². The second-order valence-electron chi connectivity index (χ2n) is 8.81. The van der Waals surface area contributed by atoms with Crippen molar-refractivity contribution in [2.45, 2.75) is 38.6 Å². The van der Waals surface area contributed by atoms with Crippen molar-refractivity contribution in [2.24, 2.45) is 5.92 Å². The predicted octanol–water partition coefficient (Wildman–Crippen LogP) is 4.68. The highest BCUT2D eigenvalue weighted by atomic mass is 16.2. The Morgan fingerprint density at radius 1 is 0.906 bits per heavy atom. The zero-order chi connectivity index (χ0) is 22.1. The van der Waals surface area contributed by atoms with Gasteiger partial charge in [-0.05, 0) is 55.4 Å². The molecule has 2 aliphatic rings. The number of aromatic nitrogens is 2. The molecule has 6 nitrogen and oxygen atoms in total. The van der Waals surface area contributed by atoms with Gasteiger partial charge in [0.15, 0.2) is 0 Å². The highest BCUT2D eigenvalue weighted by Crippen LogP contribution is 2.32. The minimum atomic E-state index is 0.0741. The van der Waals surface area contributed by atoms with E-state index in [0.29, 0.717) is 13.1 Å². The predicted molar refractivity (Wildman–Crippen MR) is 124 cm³/mol. The number of hydrogen-bond acceptors (Lipinski definition) is 3. The van der Waals surface area contributed by atoms with Crippen LogP contribution in [-0.4, -0.2) is 39.6 Å². The molecule has 2 amide bonds. The van der Waals surface area contributed by atoms with Gasteiger partial charge < -0.3 is 10.2 Å². The van der Waals surface area contributed by atoms with Gasteiger partial charge in [-0.2, -0.15) is 5.10 Å². The summed E-state index contributed by atoms with van der Waals surface area (Å²) in [5.74, 6) is 1.08. The number of rotatable bonds is 5. The molecule has 0 unspecified atom stereocenters. The maximum atomic E-state index is 13.4. The number of benzene rings is 2. The first-order valence-electron chi connectivity index (χ1n) is 11.4. The molecular weight excluding hydrogens is 400 g/mol. The van der Waals surface area contributed by atoms with E-state index in [1.165, 1.54) is 0 Å². The third-order valence-corrected chi connectivity index (χ3v) is 6.56. The van der Waals surface area contributed by atoms with E-state index in [1.807, 2.05) is 52.0 Å². The van der Waals surface area contributed by atoms with Crippen molar-refractivity contribution in [3.8, 4) is 11.1 Å². The molecule has 5 rings (SSSR count). The maximum Gasteiger partial charge on any atom is 0.254 e. The van der Waals surface area contributed by atoms with Crippen molar-refractivity contribution in [1.82, 2.24) is 14.7 Å². The normalized spacial score (nSPS) is 16.7. The molecule has 1 saturated heterocycles. The Labute approximate surface area is 188 Å². The van der Waals surface area contributed by atoms with E-state index in [1.54, 1.807) is 6.20 Å². The van der Waals surface area contributed by atoms with E-state index in [4.69, 9.17) is 0 Å². The number of anilines is 1. The van der Waals surface area contributed by atoms with Crippen molar-refractivity contribution in [3.63, 3.8) is 0 Å². The van der Waals surface area contributed by atoms with Gasteiger partial charge in [-0.1, -0.05) is 42.5 Å². The number of aryl methyl sites for hydroxylation is 1. The van der Waals surface area contributed by atoms with Crippen LogP contribution in [0.2, 0.25) is 0 Å². The summed E-state index contributed by atoms with van der Waals surface area (Å²) < 4.78 is 1.92. The Hall–Kier alpha value is -3.41. The van der Waals surface area contributed by atoms with Crippen molar-refractivity contribution < 1.29 is 9.59 Å². The quantitative estimate of drug-likeness (QED) is 0.641. The Balaban J connectivity index is 1.29. The van der Waals surface area contributed by atoms with Gasteiger partial charge in [0.05, 0.1) is 12.2 Å². The largest absolute Gasteiger partial charge is 0.338 e. The van der Waals surface area contributed by atoms with Crippen LogP contribution in [0.4, 0.5) is 5.82 Å². The number of nitrogens with zero attached hydrogens (tertiary/aromatic N) is 3. The summed E-state index contributed by atoms with van der Waals surface area (Å²) in [7, 11) is 0. The molecule has 1 aliphatic carbocycles. The average Bonchev–Trinajstić information content (AvgIpc) is 3.59. The molecular formula is C26H28N4O2. The molecule has 0 radical (unpaired) electrons. The Morgan fingerprint density at radius 2 is 1.59 bits per heavy atom. The van der Waals surface area contributed by atoms with Crippen molar-refractivity contribution in [2.75, 3.05) is 18.4 Å². The van der Waals surface area contributed by atoms with Gasteiger partial charge >= 0.3 is 0 Å². The summed E-state index contributed by atoms with van der Waals surface area (Å²) in [5.41, 5.74) is 3.98. The molecule has 0 atom stereocenters. The molecule has 164 valence electrons. The summed E-state index contributed by atoms with van der Waals surface area (Å²) in [5, 5.41) is 7.48. The van der Waals surface area contributed by atoms with Gasteiger partial charge in [0.25, 0.3) is 5.91 Å². The van der Waals surface area contributed by atoms with E-state index in [-0.39, 0.29) is 23.8 Å². The number of piperidine rings is 1. The van der Waals surface area contributed by atoms with Crippen LogP contribution in [0.15, 0.2) is 60.8 Å². The Morgan fingerprint density at radius 3 is 2.31 bits per heavy atom. The highest BCUT2D eigenvalue weighted by Gasteiger charge is 2.31. The molecule has 32 heavy (non-hydrogen) atoms. The molecule has 0 bridgehead atoms. The molecule has 1 saturated carbocycles. The fourth-order valence-electron chi connectivity index (χ4n) is 4.54. The van der Waals surface area contributed by atoms with Crippen LogP contribution in [-0.2, 0) is 4.79 Å². The Kier molecular flexibility index (Phi) is 5.52. The topological polar surface area (TPSA) is 67.2 Å². The van der Waals surface area contributed by atoms with E-state index >= 15 is 0 Å². The SMILES string of the molecule is Cc1ccccc1-c1ccccc1C(=O)N1CCC(n2nccc2NC(=O)C2CC2)CC1. The second-order valence-corrected chi connectivity index (χ2v) is 8.81. The van der Waals surface area contributed by atoms with E-state index in [9.17, 15) is 9.59 Å². The number of amides is 2. The molecule has 2 heterocycles. The monoisotopic (exact) mass is 428 g/mol. The van der Waals surface area contributed by atoms with Gasteiger partial charge in [0.2, 0.25) is 5.91 Å². The van der Waals surface area contributed by atoms with Crippen LogP contribution in [0.25, 0.3) is 11.1 Å². The molecule has 2 fully saturated rings. The Bertz CT molecular complexity index is 1140. The van der Waals surface area contributed by atoms with Crippen LogP contribution in [0.3, 0.4) is 0 Å². The van der Waals surface area contributed by atoms with E-state index in [2.05, 4.69) is 29.5 Å². The average molecular weight is 429 g/mol. The standard InChI is InChI=1S/C26H28N4O2/c1-18-6-2-3-7-21(18)22-8-4-5-9-23(22)26(32)29-16-13-20(14-17-29)30-24(12-15-27-30)28-25(31)19-10-11-19/h2-9,12,15,19-20H,10-11,13-14,16-17H2,1H3,(H,28,31). The first-order valence-corrected chi connectivity index (χ1v) is 11.4. The van der Waals surface area contributed by atoms with Gasteiger partial charge in [-0.3, -0.25) is 9.59 Å². The molecule has 6 heteroatoms. The molecule has 1 aromatic heterocycles. The van der Waals surface area contributed by atoms with Gasteiger partial charge in [-0.15, -0.1) is 0 Å². The lowest BCUT2D eigenvalue weighted by Gasteiger charge is -2.33. The molecule has 1 aliphatic heterocycles. The van der Waals surface area contributed by atoms with Crippen LogP contribution in [0, 0.1) is 12.8 Å². The van der Waals surface area contributed by atoms with E-state index < -0.39 is 0 Å². The smallest absolute Gasteiger partial charge is 0.254 e. The van der Waals surface area contributed by atoms with Crippen LogP contribution >= 0.6 is 0 Å². The third-order valence-electron chi connectivity index (χ3n) is 6.56. The van der Waals surface area contributed by atoms with E-state index in [0.717, 1.165) is 53.8 Å². The summed E-state index contributed by atoms with van der Waals surface area (Å²) in [6.07, 6.45) is 5.31. The lowest BCUT2D eigenvalue weighted by Crippen LogP contribution is -2.39. The maximum absolute atomic E-state index is 13.4. The molecule has 1 N–H and O–H groups in total. The minimum absolute atomic E-state index is 0.0741. The zero-order valence-corrected chi connectivity index (χ0v) is 18.3. The lowest BCUT2D eigenvalue weighted by atomic mass is 9.94. The van der Waals surface area contributed by atoms with Crippen molar-refractivity contribution in [3.05, 3.63) is 71.9 Å². The number of nitrogens with one attached hydrogen (secondary N) is 1. The van der Waals surface area contributed by atoms with Crippen molar-refractivity contribution >= 4 is 17.6 Å². The van der Waals surface area contributed by atoms with Gasteiger partial charge in [0.1, 0.15) is 5.82 Å². The number of carbonyl (C=O) groups excluding carboxylic acids is 2. The number of carbonyl (C=O) groups is 2. The molecule has 3 aromatic rings. The first kappa shape index (κ1) is 20.5. The fraction of sp³-hybridized carbons (Fsp3) is 0.346. The van der Waals surface area contributed by atoms with Crippen LogP contribution in [0.5, 0.6) is 0 Å². The van der Waals surface area contributed by atoms with Crippen molar-refractivity contribution in [1.29, 1.82) is 0 Å². The minimum Gasteiger partial charge on any atom is -0.338 e. The fourth-order valence-corrected chi connectivity index (χ4v) is 4.54. The third kappa shape index (κ3) is 4.05. The lowest BCUT2D eigenvalue weighted by molar-refractivity contribution is -0.117. The van der Waals surface area contributed by atoms with Gasteiger partial charge in [-0.25, -0.2) is 4.68 Å². The second kappa shape index (κ2) is 8.61.